The molecule has 4 nitrogen and oxygen atoms in total. The zero-order valence-corrected chi connectivity index (χ0v) is 12.7. The largest absolute Gasteiger partial charge is 0.337 e. The van der Waals surface area contributed by atoms with E-state index < -0.39 is 0 Å². The molecule has 0 bridgehead atoms. The fourth-order valence-electron chi connectivity index (χ4n) is 2.44. The Hall–Kier alpha value is -0.940. The molecule has 1 aliphatic heterocycles. The SMILES string of the molecule is CC(C)c1nc(C(=O)N2CCCC(C(C)N)C2)cs1. The standard InChI is InChI=1S/C14H23N3OS/c1-9(2)13-16-12(8-19-13)14(18)17-6-4-5-11(7-17)10(3)15/h8-11H,4-7,15H2,1-3H3. The summed E-state index contributed by atoms with van der Waals surface area (Å²) >= 11 is 1.57. The summed E-state index contributed by atoms with van der Waals surface area (Å²) < 4.78 is 0. The van der Waals surface area contributed by atoms with Crippen LogP contribution in [0.5, 0.6) is 0 Å². The fraction of sp³-hybridized carbons (Fsp3) is 0.714. The van der Waals surface area contributed by atoms with Crippen LogP contribution < -0.4 is 5.73 Å². The number of thiazole rings is 1. The Labute approximate surface area is 119 Å². The molecule has 2 rings (SSSR count). The molecule has 0 aliphatic carbocycles. The van der Waals surface area contributed by atoms with Crippen molar-refractivity contribution in [1.29, 1.82) is 0 Å². The Kier molecular flexibility index (Phi) is 4.58. The number of carbonyl (C=O) groups is 1. The molecule has 0 spiro atoms. The summed E-state index contributed by atoms with van der Waals surface area (Å²) in [6.07, 6.45) is 2.16. The van der Waals surface area contributed by atoms with Crippen molar-refractivity contribution in [3.05, 3.63) is 16.1 Å². The van der Waals surface area contributed by atoms with Gasteiger partial charge in [0.25, 0.3) is 5.91 Å². The summed E-state index contributed by atoms with van der Waals surface area (Å²) in [5.41, 5.74) is 6.56. The Morgan fingerprint density at radius 3 is 2.84 bits per heavy atom. The first-order chi connectivity index (χ1) is 8.99. The van der Waals surface area contributed by atoms with Crippen molar-refractivity contribution in [1.82, 2.24) is 9.88 Å². The molecule has 1 saturated heterocycles. The highest BCUT2D eigenvalue weighted by Crippen LogP contribution is 2.23. The van der Waals surface area contributed by atoms with Crippen LogP contribution in [0.1, 0.15) is 55.0 Å². The van der Waals surface area contributed by atoms with Gasteiger partial charge in [0.1, 0.15) is 5.69 Å². The molecular weight excluding hydrogens is 258 g/mol. The van der Waals surface area contributed by atoms with Crippen molar-refractivity contribution in [3.63, 3.8) is 0 Å². The second-order valence-electron chi connectivity index (χ2n) is 5.74. The van der Waals surface area contributed by atoms with E-state index in [0.29, 0.717) is 17.5 Å². The number of likely N-dealkylation sites (tertiary alicyclic amines) is 1. The van der Waals surface area contributed by atoms with Gasteiger partial charge in [-0.25, -0.2) is 4.98 Å². The number of piperidine rings is 1. The maximum atomic E-state index is 12.4. The molecule has 1 amide bonds. The lowest BCUT2D eigenvalue weighted by atomic mass is 9.92. The van der Waals surface area contributed by atoms with Crippen LogP contribution in [0, 0.1) is 5.92 Å². The number of carbonyl (C=O) groups excluding carboxylic acids is 1. The van der Waals surface area contributed by atoms with Gasteiger partial charge >= 0.3 is 0 Å². The van der Waals surface area contributed by atoms with Crippen molar-refractivity contribution in [2.75, 3.05) is 13.1 Å². The maximum Gasteiger partial charge on any atom is 0.273 e. The number of hydrogen-bond donors (Lipinski definition) is 1. The summed E-state index contributed by atoms with van der Waals surface area (Å²) in [6, 6.07) is 0.150. The zero-order valence-electron chi connectivity index (χ0n) is 11.9. The van der Waals surface area contributed by atoms with Crippen LogP contribution >= 0.6 is 11.3 Å². The molecule has 1 aromatic heterocycles. The van der Waals surface area contributed by atoms with Crippen molar-refractivity contribution in [2.45, 2.75) is 45.6 Å². The van der Waals surface area contributed by atoms with Crippen molar-refractivity contribution in [3.8, 4) is 0 Å². The van der Waals surface area contributed by atoms with Crippen LogP contribution in [0.3, 0.4) is 0 Å². The zero-order chi connectivity index (χ0) is 14.0. The average Bonchev–Trinajstić information content (AvgIpc) is 2.87. The van der Waals surface area contributed by atoms with E-state index in [1.165, 1.54) is 0 Å². The predicted molar refractivity (Wildman–Crippen MR) is 78.5 cm³/mol. The Morgan fingerprint density at radius 1 is 1.53 bits per heavy atom. The lowest BCUT2D eigenvalue weighted by Crippen LogP contribution is -2.45. The van der Waals surface area contributed by atoms with E-state index in [4.69, 9.17) is 5.73 Å². The van der Waals surface area contributed by atoms with E-state index in [0.717, 1.165) is 30.9 Å². The van der Waals surface area contributed by atoms with Crippen LogP contribution in [0.15, 0.2) is 5.38 Å². The van der Waals surface area contributed by atoms with Gasteiger partial charge in [-0.2, -0.15) is 0 Å². The number of nitrogens with zero attached hydrogens (tertiary/aromatic N) is 2. The van der Waals surface area contributed by atoms with Gasteiger partial charge in [-0.1, -0.05) is 13.8 Å². The van der Waals surface area contributed by atoms with Gasteiger partial charge in [-0.05, 0) is 25.7 Å². The normalized spacial score (nSPS) is 21.7. The van der Waals surface area contributed by atoms with Gasteiger partial charge < -0.3 is 10.6 Å². The quantitative estimate of drug-likeness (QED) is 0.926. The van der Waals surface area contributed by atoms with Crippen LogP contribution in [0.2, 0.25) is 0 Å². The van der Waals surface area contributed by atoms with Crippen molar-refractivity contribution >= 4 is 17.2 Å². The van der Waals surface area contributed by atoms with Gasteiger partial charge in [0.05, 0.1) is 5.01 Å². The monoisotopic (exact) mass is 281 g/mol. The van der Waals surface area contributed by atoms with Gasteiger partial charge in [-0.15, -0.1) is 11.3 Å². The Bertz CT molecular complexity index is 442. The van der Waals surface area contributed by atoms with Gasteiger partial charge in [0, 0.05) is 30.4 Å². The third kappa shape index (κ3) is 3.34. The highest BCUT2D eigenvalue weighted by Gasteiger charge is 2.27. The first-order valence-corrected chi connectivity index (χ1v) is 7.87. The van der Waals surface area contributed by atoms with E-state index in [9.17, 15) is 4.79 Å². The first-order valence-electron chi connectivity index (χ1n) is 6.99. The molecule has 2 atom stereocenters. The smallest absolute Gasteiger partial charge is 0.273 e. The summed E-state index contributed by atoms with van der Waals surface area (Å²) in [5.74, 6) is 0.860. The second-order valence-corrected chi connectivity index (χ2v) is 6.63. The van der Waals surface area contributed by atoms with Crippen molar-refractivity contribution < 1.29 is 4.79 Å². The summed E-state index contributed by atoms with van der Waals surface area (Å²) in [5, 5.41) is 2.91. The third-order valence-corrected chi connectivity index (χ3v) is 4.87. The Morgan fingerprint density at radius 2 is 2.26 bits per heavy atom. The lowest BCUT2D eigenvalue weighted by Gasteiger charge is -2.34. The van der Waals surface area contributed by atoms with Crippen LogP contribution in [0.4, 0.5) is 0 Å². The molecule has 1 aromatic rings. The summed E-state index contributed by atoms with van der Waals surface area (Å²) in [6.45, 7) is 7.82. The molecule has 0 radical (unpaired) electrons. The van der Waals surface area contributed by atoms with E-state index in [-0.39, 0.29) is 11.9 Å². The number of amides is 1. The van der Waals surface area contributed by atoms with E-state index in [1.807, 2.05) is 17.2 Å². The number of rotatable bonds is 3. The minimum absolute atomic E-state index is 0.0634. The van der Waals surface area contributed by atoms with Gasteiger partial charge in [-0.3, -0.25) is 4.79 Å². The van der Waals surface area contributed by atoms with E-state index >= 15 is 0 Å². The molecule has 19 heavy (non-hydrogen) atoms. The molecule has 106 valence electrons. The third-order valence-electron chi connectivity index (χ3n) is 3.72. The average molecular weight is 281 g/mol. The van der Waals surface area contributed by atoms with Crippen LogP contribution in [-0.2, 0) is 0 Å². The highest BCUT2D eigenvalue weighted by atomic mass is 32.1. The number of nitrogens with two attached hydrogens (primary N) is 1. The second kappa shape index (κ2) is 6.01. The van der Waals surface area contributed by atoms with Gasteiger partial charge in [0.15, 0.2) is 0 Å². The molecule has 2 heterocycles. The topological polar surface area (TPSA) is 59.2 Å². The molecule has 1 aliphatic rings. The van der Waals surface area contributed by atoms with Crippen molar-refractivity contribution in [2.24, 2.45) is 11.7 Å². The summed E-state index contributed by atoms with van der Waals surface area (Å²) in [4.78, 5) is 18.8. The highest BCUT2D eigenvalue weighted by molar-refractivity contribution is 7.09. The predicted octanol–water partition coefficient (Wildman–Crippen LogP) is 2.47. The number of aromatic nitrogens is 1. The van der Waals surface area contributed by atoms with Crippen LogP contribution in [0.25, 0.3) is 0 Å². The summed E-state index contributed by atoms with van der Waals surface area (Å²) in [7, 11) is 0. The minimum atomic E-state index is 0.0634. The van der Waals surface area contributed by atoms with E-state index in [2.05, 4.69) is 18.8 Å². The molecule has 1 fully saturated rings. The minimum Gasteiger partial charge on any atom is -0.337 e. The number of hydrogen-bond acceptors (Lipinski definition) is 4. The first kappa shape index (κ1) is 14.5. The maximum absolute atomic E-state index is 12.4. The fourth-order valence-corrected chi connectivity index (χ4v) is 3.25. The molecule has 0 aromatic carbocycles. The molecular formula is C14H23N3OS. The molecule has 2 unspecified atom stereocenters. The Balaban J connectivity index is 2.06. The molecule has 5 heteroatoms. The van der Waals surface area contributed by atoms with Crippen LogP contribution in [-0.4, -0.2) is 34.9 Å². The van der Waals surface area contributed by atoms with E-state index in [1.54, 1.807) is 11.3 Å². The molecule has 0 saturated carbocycles. The lowest BCUT2D eigenvalue weighted by molar-refractivity contribution is 0.0655. The van der Waals surface area contributed by atoms with Gasteiger partial charge in [0.2, 0.25) is 0 Å². The molecule has 2 N–H and O–H groups in total.